The highest BCUT2D eigenvalue weighted by atomic mass is 16.2. The first-order valence-corrected chi connectivity index (χ1v) is 11.6. The molecule has 2 aromatic rings. The van der Waals surface area contributed by atoms with Crippen molar-refractivity contribution in [3.63, 3.8) is 0 Å². The van der Waals surface area contributed by atoms with E-state index in [1.807, 2.05) is 30.2 Å². The van der Waals surface area contributed by atoms with E-state index in [0.717, 1.165) is 42.0 Å². The molecule has 0 bridgehead atoms. The second-order valence-electron chi connectivity index (χ2n) is 9.13. The zero-order chi connectivity index (χ0) is 22.3. The van der Waals surface area contributed by atoms with Gasteiger partial charge in [0.15, 0.2) is 0 Å². The monoisotopic (exact) mass is 422 g/mol. The number of benzene rings is 1. The number of carbonyl (C=O) groups is 2. The Hall–Kier alpha value is -2.63. The van der Waals surface area contributed by atoms with Crippen LogP contribution in [0.4, 0.5) is 11.6 Å². The van der Waals surface area contributed by atoms with Crippen LogP contribution in [0.25, 0.3) is 0 Å². The highest BCUT2D eigenvalue weighted by Gasteiger charge is 2.36. The van der Waals surface area contributed by atoms with E-state index in [9.17, 15) is 9.59 Å². The van der Waals surface area contributed by atoms with Gasteiger partial charge in [0.2, 0.25) is 11.9 Å². The number of anilines is 2. The Kier molecular flexibility index (Phi) is 5.91. The topological polar surface area (TPSA) is 58.4 Å². The average Bonchev–Trinajstić information content (AvgIpc) is 3.45. The quantitative estimate of drug-likeness (QED) is 0.650. The molecule has 1 fully saturated rings. The fourth-order valence-corrected chi connectivity index (χ4v) is 4.85. The lowest BCUT2D eigenvalue weighted by Gasteiger charge is -2.31. The summed E-state index contributed by atoms with van der Waals surface area (Å²) in [6, 6.07) is 4.20. The van der Waals surface area contributed by atoms with Crippen LogP contribution in [0.2, 0.25) is 0 Å². The van der Waals surface area contributed by atoms with Gasteiger partial charge >= 0.3 is 0 Å². The third kappa shape index (κ3) is 4.00. The molecule has 2 amide bonds. The number of hydrogen-bond donors (Lipinski definition) is 0. The zero-order valence-corrected chi connectivity index (χ0v) is 19.5. The first kappa shape index (κ1) is 21.6. The number of nitrogens with zero attached hydrogens (tertiary/aromatic N) is 4. The lowest BCUT2D eigenvalue weighted by atomic mass is 10.0. The van der Waals surface area contributed by atoms with Crippen LogP contribution in [0.3, 0.4) is 0 Å². The summed E-state index contributed by atoms with van der Waals surface area (Å²) in [5, 5.41) is 0. The van der Waals surface area contributed by atoms with Crippen LogP contribution in [0, 0.1) is 26.7 Å². The van der Waals surface area contributed by atoms with E-state index in [-0.39, 0.29) is 11.8 Å². The SMILES string of the molecule is CCCN(CC1CC1)C(=O)c1c(CC)nc2n1CCC(=O)N2c1c(C)cc(C)cc1C. The first-order chi connectivity index (χ1) is 14.8. The molecule has 1 aromatic carbocycles. The second kappa shape index (κ2) is 8.48. The lowest BCUT2D eigenvalue weighted by molar-refractivity contribution is -0.118. The van der Waals surface area contributed by atoms with Crippen molar-refractivity contribution in [2.75, 3.05) is 18.0 Å². The predicted octanol–water partition coefficient (Wildman–Crippen LogP) is 4.70. The van der Waals surface area contributed by atoms with E-state index in [0.29, 0.717) is 36.9 Å². The third-order valence-electron chi connectivity index (χ3n) is 6.37. The van der Waals surface area contributed by atoms with E-state index < -0.39 is 0 Å². The van der Waals surface area contributed by atoms with Gasteiger partial charge in [-0.25, -0.2) is 9.88 Å². The third-order valence-corrected chi connectivity index (χ3v) is 6.37. The van der Waals surface area contributed by atoms with Gasteiger partial charge in [0, 0.05) is 26.1 Å². The van der Waals surface area contributed by atoms with Gasteiger partial charge in [-0.15, -0.1) is 0 Å². The Morgan fingerprint density at radius 2 is 1.84 bits per heavy atom. The number of rotatable bonds is 7. The molecule has 0 radical (unpaired) electrons. The smallest absolute Gasteiger partial charge is 0.272 e. The van der Waals surface area contributed by atoms with Gasteiger partial charge in [-0.05, 0) is 63.5 Å². The van der Waals surface area contributed by atoms with Crippen molar-refractivity contribution in [1.82, 2.24) is 14.5 Å². The first-order valence-electron chi connectivity index (χ1n) is 11.6. The Morgan fingerprint density at radius 3 is 2.42 bits per heavy atom. The standard InChI is InChI=1S/C25H34N4O2/c1-6-11-27(15-19-8-9-19)24(31)23-20(7-2)26-25-28(23)12-10-21(30)29(25)22-17(4)13-16(3)14-18(22)5/h13-14,19H,6-12,15H2,1-5H3. The summed E-state index contributed by atoms with van der Waals surface area (Å²) in [5.74, 6) is 1.34. The van der Waals surface area contributed by atoms with Gasteiger partial charge in [-0.3, -0.25) is 9.59 Å². The van der Waals surface area contributed by atoms with Crippen molar-refractivity contribution in [3.8, 4) is 0 Å². The van der Waals surface area contributed by atoms with Crippen molar-refractivity contribution in [1.29, 1.82) is 0 Å². The molecule has 1 saturated carbocycles. The summed E-state index contributed by atoms with van der Waals surface area (Å²) < 4.78 is 2.00. The van der Waals surface area contributed by atoms with E-state index in [4.69, 9.17) is 4.98 Å². The van der Waals surface area contributed by atoms with Gasteiger partial charge < -0.3 is 9.47 Å². The zero-order valence-electron chi connectivity index (χ0n) is 19.5. The van der Waals surface area contributed by atoms with Crippen molar-refractivity contribution in [2.45, 2.75) is 73.3 Å². The van der Waals surface area contributed by atoms with Gasteiger partial charge in [0.05, 0.1) is 11.4 Å². The molecule has 4 rings (SSSR count). The molecule has 166 valence electrons. The molecule has 0 spiro atoms. The number of aryl methyl sites for hydroxylation is 4. The van der Waals surface area contributed by atoms with E-state index >= 15 is 0 Å². The molecular formula is C25H34N4O2. The van der Waals surface area contributed by atoms with E-state index in [2.05, 4.69) is 26.0 Å². The van der Waals surface area contributed by atoms with E-state index in [1.165, 1.54) is 18.4 Å². The maximum Gasteiger partial charge on any atom is 0.272 e. The Balaban J connectivity index is 1.81. The summed E-state index contributed by atoms with van der Waals surface area (Å²) in [7, 11) is 0. The summed E-state index contributed by atoms with van der Waals surface area (Å²) in [5.41, 5.74) is 5.63. The molecule has 2 aliphatic rings. The molecule has 6 heteroatoms. The minimum atomic E-state index is 0.0394. The highest BCUT2D eigenvalue weighted by Crippen LogP contribution is 2.37. The number of aromatic nitrogens is 2. The van der Waals surface area contributed by atoms with Gasteiger partial charge in [0.1, 0.15) is 5.69 Å². The lowest BCUT2D eigenvalue weighted by Crippen LogP contribution is -2.38. The van der Waals surface area contributed by atoms with Crippen LogP contribution >= 0.6 is 0 Å². The number of amides is 2. The van der Waals surface area contributed by atoms with Crippen LogP contribution in [-0.2, 0) is 17.8 Å². The summed E-state index contributed by atoms with van der Waals surface area (Å²) in [6.45, 7) is 12.4. The maximum absolute atomic E-state index is 13.7. The van der Waals surface area contributed by atoms with Crippen molar-refractivity contribution in [2.24, 2.45) is 5.92 Å². The number of carbonyl (C=O) groups excluding carboxylic acids is 2. The van der Waals surface area contributed by atoms with E-state index in [1.54, 1.807) is 4.90 Å². The van der Waals surface area contributed by atoms with Crippen LogP contribution in [0.15, 0.2) is 12.1 Å². The van der Waals surface area contributed by atoms with Gasteiger partial charge in [0.25, 0.3) is 5.91 Å². The second-order valence-corrected chi connectivity index (χ2v) is 9.13. The summed E-state index contributed by atoms with van der Waals surface area (Å²) >= 11 is 0. The van der Waals surface area contributed by atoms with Crippen molar-refractivity contribution >= 4 is 23.5 Å². The Morgan fingerprint density at radius 1 is 1.16 bits per heavy atom. The number of fused-ring (bicyclic) bond motifs is 1. The highest BCUT2D eigenvalue weighted by molar-refractivity contribution is 6.03. The molecule has 0 N–H and O–H groups in total. The molecule has 0 atom stereocenters. The van der Waals surface area contributed by atoms with Crippen LogP contribution in [0.5, 0.6) is 0 Å². The largest absolute Gasteiger partial charge is 0.337 e. The molecule has 6 nitrogen and oxygen atoms in total. The average molecular weight is 423 g/mol. The molecule has 31 heavy (non-hydrogen) atoms. The molecule has 1 aliphatic heterocycles. The molecule has 2 heterocycles. The molecule has 1 aliphatic carbocycles. The minimum absolute atomic E-state index is 0.0394. The maximum atomic E-state index is 13.7. The summed E-state index contributed by atoms with van der Waals surface area (Å²) in [6.07, 6.45) is 4.40. The normalized spacial score (nSPS) is 15.9. The minimum Gasteiger partial charge on any atom is -0.337 e. The molecule has 0 saturated heterocycles. The van der Waals surface area contributed by atoms with Gasteiger partial charge in [-0.1, -0.05) is 31.5 Å². The molecule has 0 unspecified atom stereocenters. The molecular weight excluding hydrogens is 388 g/mol. The summed E-state index contributed by atoms with van der Waals surface area (Å²) in [4.78, 5) is 35.4. The van der Waals surface area contributed by atoms with Crippen LogP contribution < -0.4 is 4.90 Å². The predicted molar refractivity (Wildman–Crippen MR) is 123 cm³/mol. The van der Waals surface area contributed by atoms with Gasteiger partial charge in [-0.2, -0.15) is 0 Å². The number of imidazole rings is 1. The Labute approximate surface area is 185 Å². The van der Waals surface area contributed by atoms with Crippen LogP contribution in [0.1, 0.15) is 72.4 Å². The Bertz CT molecular complexity index is 996. The fourth-order valence-electron chi connectivity index (χ4n) is 4.85. The van der Waals surface area contributed by atoms with Crippen LogP contribution in [-0.4, -0.2) is 39.4 Å². The van der Waals surface area contributed by atoms with Crippen molar-refractivity contribution < 1.29 is 9.59 Å². The fraction of sp³-hybridized carbons (Fsp3) is 0.560. The molecule has 1 aromatic heterocycles. The number of hydrogen-bond acceptors (Lipinski definition) is 3. The van der Waals surface area contributed by atoms with Crippen molar-refractivity contribution in [3.05, 3.63) is 40.2 Å².